The van der Waals surface area contributed by atoms with E-state index in [1.54, 1.807) is 16.9 Å². The number of carbonyl (C=O) groups excluding carboxylic acids is 2. The molecule has 1 aliphatic rings. The fraction of sp³-hybridized carbons (Fsp3) is 0.235. The van der Waals surface area contributed by atoms with Crippen LogP contribution in [0.4, 0.5) is 4.39 Å². The average molecular weight is 663 g/mol. The van der Waals surface area contributed by atoms with Crippen LogP contribution in [0.3, 0.4) is 0 Å². The molecular weight excluding hydrogens is 632 g/mol. The average Bonchev–Trinajstić information content (AvgIpc) is 3.67. The third-order valence-corrected chi connectivity index (χ3v) is 8.83. The Hall–Kier alpha value is -4.51. The number of fused-ring (bicyclic) bond motifs is 1. The maximum absolute atomic E-state index is 15.5. The van der Waals surface area contributed by atoms with Gasteiger partial charge >= 0.3 is 0 Å². The van der Waals surface area contributed by atoms with Crippen LogP contribution in [-0.2, 0) is 17.9 Å². The second-order valence-electron chi connectivity index (χ2n) is 10.9. The molecule has 3 heterocycles. The fourth-order valence-corrected chi connectivity index (χ4v) is 6.33. The number of benzene rings is 3. The molecule has 0 radical (unpaired) electrons. The van der Waals surface area contributed by atoms with Crippen molar-refractivity contribution in [1.82, 2.24) is 25.4 Å². The molecule has 236 valence electrons. The highest BCUT2D eigenvalue weighted by Gasteiger charge is 2.22. The first-order valence-corrected chi connectivity index (χ1v) is 15.4. The number of nitrogens with zero attached hydrogens (tertiary/aromatic N) is 3. The van der Waals surface area contributed by atoms with Gasteiger partial charge in [-0.1, -0.05) is 53.5 Å². The Morgan fingerprint density at radius 1 is 1.09 bits per heavy atom. The Labute approximate surface area is 274 Å². The van der Waals surface area contributed by atoms with Crippen molar-refractivity contribution in [2.45, 2.75) is 32.0 Å². The summed E-state index contributed by atoms with van der Waals surface area (Å²) in [6.07, 6.45) is 3.66. The summed E-state index contributed by atoms with van der Waals surface area (Å²) in [6.45, 7) is 1.02. The molecule has 46 heavy (non-hydrogen) atoms. The van der Waals surface area contributed by atoms with Gasteiger partial charge in [-0.3, -0.25) is 14.3 Å². The zero-order chi connectivity index (χ0) is 32.4. The van der Waals surface area contributed by atoms with E-state index in [-0.39, 0.29) is 36.5 Å². The zero-order valence-corrected chi connectivity index (χ0v) is 26.6. The lowest BCUT2D eigenvalue weighted by Gasteiger charge is -2.16. The number of amides is 1. The van der Waals surface area contributed by atoms with Crippen LogP contribution in [0.15, 0.2) is 60.8 Å². The molecule has 2 N–H and O–H groups in total. The minimum Gasteiger partial charge on any atom is -0.496 e. The smallest absolute Gasteiger partial charge is 0.224 e. The predicted molar refractivity (Wildman–Crippen MR) is 175 cm³/mol. The van der Waals surface area contributed by atoms with Crippen LogP contribution in [0.5, 0.6) is 11.6 Å². The molecule has 1 atom stereocenters. The molecule has 1 saturated heterocycles. The van der Waals surface area contributed by atoms with Crippen molar-refractivity contribution in [2.24, 2.45) is 0 Å². The number of hydrogen-bond acceptors (Lipinski definition) is 7. The van der Waals surface area contributed by atoms with Crippen LogP contribution in [-0.4, -0.2) is 53.8 Å². The lowest BCUT2D eigenvalue weighted by molar-refractivity contribution is -0.119. The molecule has 1 amide bonds. The summed E-state index contributed by atoms with van der Waals surface area (Å²) in [6, 6.07) is 16.2. The Kier molecular flexibility index (Phi) is 9.21. The minimum absolute atomic E-state index is 0.0341. The molecule has 1 aliphatic heterocycles. The second kappa shape index (κ2) is 13.5. The first kappa shape index (κ1) is 31.5. The summed E-state index contributed by atoms with van der Waals surface area (Å²) in [5.74, 6) is 0.196. The van der Waals surface area contributed by atoms with Gasteiger partial charge in [0.05, 0.1) is 53.8 Å². The molecule has 0 bridgehead atoms. The molecule has 0 saturated carbocycles. The summed E-state index contributed by atoms with van der Waals surface area (Å²) < 4.78 is 28.1. The van der Waals surface area contributed by atoms with Gasteiger partial charge in [-0.2, -0.15) is 5.10 Å². The molecule has 1 fully saturated rings. The number of halogens is 3. The lowest BCUT2D eigenvalue weighted by Crippen LogP contribution is -2.35. The number of pyridine rings is 1. The van der Waals surface area contributed by atoms with Gasteiger partial charge in [0, 0.05) is 47.6 Å². The van der Waals surface area contributed by atoms with Gasteiger partial charge in [0.1, 0.15) is 11.6 Å². The number of carbonyl (C=O) groups is 2. The number of nitrogens with one attached hydrogen (secondary N) is 2. The molecule has 9 nitrogen and oxygen atoms in total. The van der Waals surface area contributed by atoms with Crippen molar-refractivity contribution in [1.29, 1.82) is 0 Å². The number of aromatic nitrogens is 3. The van der Waals surface area contributed by atoms with E-state index in [9.17, 15) is 9.59 Å². The molecule has 12 heteroatoms. The van der Waals surface area contributed by atoms with Crippen molar-refractivity contribution in [3.8, 4) is 33.9 Å². The van der Waals surface area contributed by atoms with Crippen molar-refractivity contribution in [2.75, 3.05) is 20.8 Å². The van der Waals surface area contributed by atoms with E-state index in [2.05, 4.69) is 20.7 Å². The molecule has 3 aromatic carbocycles. The number of rotatable bonds is 11. The van der Waals surface area contributed by atoms with Crippen LogP contribution < -0.4 is 20.1 Å². The Morgan fingerprint density at radius 3 is 2.61 bits per heavy atom. The van der Waals surface area contributed by atoms with Crippen LogP contribution in [0, 0.1) is 5.82 Å². The summed E-state index contributed by atoms with van der Waals surface area (Å²) in [5, 5.41) is 12.3. The number of hydrogen-bond donors (Lipinski definition) is 2. The summed E-state index contributed by atoms with van der Waals surface area (Å²) in [4.78, 5) is 27.3. The van der Waals surface area contributed by atoms with Gasteiger partial charge in [-0.25, -0.2) is 9.37 Å². The van der Waals surface area contributed by atoms with Crippen molar-refractivity contribution >= 4 is 46.3 Å². The van der Waals surface area contributed by atoms with E-state index >= 15 is 4.39 Å². The molecule has 2 aromatic heterocycles. The Balaban J connectivity index is 1.30. The van der Waals surface area contributed by atoms with Crippen LogP contribution >= 0.6 is 23.2 Å². The van der Waals surface area contributed by atoms with Gasteiger partial charge in [0.15, 0.2) is 6.29 Å². The van der Waals surface area contributed by atoms with E-state index in [1.807, 2.05) is 36.4 Å². The highest BCUT2D eigenvalue weighted by atomic mass is 35.5. The lowest BCUT2D eigenvalue weighted by atomic mass is 9.96. The van der Waals surface area contributed by atoms with Gasteiger partial charge < -0.3 is 20.1 Å². The third-order valence-electron chi connectivity index (χ3n) is 8.10. The molecular formula is C34H30Cl2FN5O4. The second-order valence-corrected chi connectivity index (χ2v) is 11.7. The maximum Gasteiger partial charge on any atom is 0.224 e. The number of ether oxygens (including phenoxy) is 2. The van der Waals surface area contributed by atoms with E-state index in [0.717, 1.165) is 28.5 Å². The normalized spacial score (nSPS) is 14.5. The monoisotopic (exact) mass is 661 g/mol. The largest absolute Gasteiger partial charge is 0.496 e. The predicted octanol–water partition coefficient (Wildman–Crippen LogP) is 6.46. The van der Waals surface area contributed by atoms with Gasteiger partial charge in [-0.05, 0) is 41.8 Å². The Morgan fingerprint density at radius 2 is 1.87 bits per heavy atom. The molecule has 6 rings (SSSR count). The van der Waals surface area contributed by atoms with Crippen LogP contribution in [0.25, 0.3) is 33.2 Å². The van der Waals surface area contributed by atoms with E-state index < -0.39 is 5.82 Å². The quantitative estimate of drug-likeness (QED) is 0.157. The maximum atomic E-state index is 15.5. The third kappa shape index (κ3) is 6.16. The molecule has 0 aliphatic carbocycles. The number of aldehydes is 1. The van der Waals surface area contributed by atoms with E-state index in [4.69, 9.17) is 32.7 Å². The standard InChI is InChI=1S/C34H30Cl2FN5O4/c1-45-31-13-19(12-28(37)26(31)15-38-14-21-9-10-32(44)40-21)22-5-3-7-24(33(22)36)23-6-4-8-30-25(23)16-39-42(30)17-29-27(35)11-20(18-43)34(41-29)46-2/h3-8,11-13,16,18,21,38H,9-10,14-15,17H2,1-2H3,(H,40,44)/t21-/m0/s1. The minimum atomic E-state index is -0.424. The first-order chi connectivity index (χ1) is 22.3. The Bertz CT molecular complexity index is 1960. The molecule has 5 aromatic rings. The fourth-order valence-electron chi connectivity index (χ4n) is 5.77. The highest BCUT2D eigenvalue weighted by Crippen LogP contribution is 2.41. The van der Waals surface area contributed by atoms with E-state index in [0.29, 0.717) is 57.4 Å². The van der Waals surface area contributed by atoms with Gasteiger partial charge in [0.2, 0.25) is 11.8 Å². The number of methoxy groups -OCH3 is 2. The van der Waals surface area contributed by atoms with Crippen molar-refractivity contribution < 1.29 is 23.5 Å². The van der Waals surface area contributed by atoms with Gasteiger partial charge in [0.25, 0.3) is 0 Å². The van der Waals surface area contributed by atoms with Crippen LogP contribution in [0.1, 0.15) is 34.5 Å². The SMILES string of the molecule is COc1cc(-c2cccc(-c3cccc4c3cnn4Cc3nc(OC)c(C=O)cc3Cl)c2Cl)cc(F)c1CNC[C@@H]1CCC(=O)N1. The van der Waals surface area contributed by atoms with Gasteiger partial charge in [-0.15, -0.1) is 0 Å². The summed E-state index contributed by atoms with van der Waals surface area (Å²) in [7, 11) is 2.95. The zero-order valence-electron chi connectivity index (χ0n) is 25.1. The molecule has 0 unspecified atom stereocenters. The highest BCUT2D eigenvalue weighted by molar-refractivity contribution is 6.36. The molecule has 0 spiro atoms. The van der Waals surface area contributed by atoms with Crippen molar-refractivity contribution in [3.63, 3.8) is 0 Å². The van der Waals surface area contributed by atoms with E-state index in [1.165, 1.54) is 26.4 Å². The van der Waals surface area contributed by atoms with Crippen molar-refractivity contribution in [3.05, 3.63) is 93.5 Å². The topological polar surface area (TPSA) is 107 Å². The summed E-state index contributed by atoms with van der Waals surface area (Å²) >= 11 is 13.5. The first-order valence-electron chi connectivity index (χ1n) is 14.6. The summed E-state index contributed by atoms with van der Waals surface area (Å²) in [5.41, 5.74) is 4.79. The van der Waals surface area contributed by atoms with Crippen LogP contribution in [0.2, 0.25) is 10.0 Å².